The van der Waals surface area contributed by atoms with Crippen LogP contribution >= 0.6 is 0 Å². The van der Waals surface area contributed by atoms with Crippen LogP contribution in [-0.4, -0.2) is 39.5 Å². The van der Waals surface area contributed by atoms with Crippen LogP contribution in [0.5, 0.6) is 0 Å². The van der Waals surface area contributed by atoms with E-state index < -0.39 is 19.8 Å². The number of aliphatic hydroxyl groups excluding tert-OH is 1. The van der Waals surface area contributed by atoms with E-state index in [4.69, 9.17) is 20.5 Å². The fraction of sp³-hybridized carbons (Fsp3) is 0.806. The van der Waals surface area contributed by atoms with Gasteiger partial charge >= 0.3 is 0 Å². The maximum absolute atomic E-state index is 12.1. The molecule has 0 amide bonds. The van der Waals surface area contributed by atoms with Gasteiger partial charge in [-0.25, -0.2) is 0 Å². The van der Waals surface area contributed by atoms with Crippen LogP contribution in [-0.2, 0) is 13.9 Å². The van der Waals surface area contributed by atoms with Crippen molar-refractivity contribution in [3.63, 3.8) is 0 Å². The Kier molecular flexibility index (Phi) is 8.53. The van der Waals surface area contributed by atoms with Crippen LogP contribution in [0.1, 0.15) is 88.0 Å². The Morgan fingerprint density at radius 3 is 2.22 bits per heavy atom. The highest BCUT2D eigenvalue weighted by atomic mass is 28.4. The van der Waals surface area contributed by atoms with E-state index >= 15 is 0 Å². The molecule has 3 aliphatic rings. The lowest BCUT2D eigenvalue weighted by Crippen LogP contribution is -2.61. The number of allylic oxidation sites excluding steroid dienone is 2. The lowest BCUT2D eigenvalue weighted by Gasteiger charge is -2.62. The van der Waals surface area contributed by atoms with Gasteiger partial charge in [0.1, 0.15) is 6.79 Å². The third-order valence-corrected chi connectivity index (χ3v) is 16.9. The highest BCUT2D eigenvalue weighted by Gasteiger charge is 2.66. The molecule has 3 rings (SSSR count). The van der Waals surface area contributed by atoms with Crippen LogP contribution in [0, 0.1) is 28.1 Å². The molecule has 36 heavy (non-hydrogen) atoms. The van der Waals surface area contributed by atoms with E-state index in [0.717, 1.165) is 30.6 Å². The first-order valence-electron chi connectivity index (χ1n) is 14.2. The standard InChI is InChI=1S/C31H54O4Si/c1-13-29(10)18-26(32)30(11)23(8)14-16-31(24(9)28(29)34-19-33-12)17-15-25(27(30)31)35-36(20(2)3,21(4)5)22(6)7/h13,15,20-23,26-28,32H,1,9,14,16-19H2,2-8,10-12H3/t23?,26-,27?,28?,29+,30?,31?/m1/s1. The predicted molar refractivity (Wildman–Crippen MR) is 152 cm³/mol. The maximum atomic E-state index is 12.1. The molecule has 4 nitrogen and oxygen atoms in total. The van der Waals surface area contributed by atoms with Crippen molar-refractivity contribution in [2.45, 2.75) is 117 Å². The fourth-order valence-corrected chi connectivity index (χ4v) is 14.0. The molecule has 5 unspecified atom stereocenters. The first-order chi connectivity index (χ1) is 16.7. The van der Waals surface area contributed by atoms with Crippen molar-refractivity contribution >= 4 is 8.32 Å². The minimum atomic E-state index is -2.17. The summed E-state index contributed by atoms with van der Waals surface area (Å²) in [4.78, 5) is 0. The van der Waals surface area contributed by atoms with Gasteiger partial charge in [-0.15, -0.1) is 6.58 Å². The second-order valence-electron chi connectivity index (χ2n) is 13.5. The van der Waals surface area contributed by atoms with Gasteiger partial charge in [-0.2, -0.15) is 0 Å². The second-order valence-corrected chi connectivity index (χ2v) is 18.9. The van der Waals surface area contributed by atoms with E-state index in [1.54, 1.807) is 7.11 Å². The fourth-order valence-electron chi connectivity index (χ4n) is 8.68. The van der Waals surface area contributed by atoms with Crippen LogP contribution in [0.25, 0.3) is 0 Å². The Morgan fingerprint density at radius 1 is 1.14 bits per heavy atom. The van der Waals surface area contributed by atoms with Gasteiger partial charge in [0.2, 0.25) is 0 Å². The van der Waals surface area contributed by atoms with Crippen molar-refractivity contribution in [2.75, 3.05) is 13.9 Å². The second kappa shape index (κ2) is 10.4. The highest BCUT2D eigenvalue weighted by Crippen LogP contribution is 2.69. The number of hydrogen-bond donors (Lipinski definition) is 1. The third kappa shape index (κ3) is 4.21. The molecule has 3 aliphatic carbocycles. The zero-order valence-corrected chi connectivity index (χ0v) is 25.8. The molecule has 0 aromatic rings. The SMILES string of the molecule is C=C[C@@]1(C)C[C@@H](O)C2(C)C(C)CCC3(CC=C(O[Si](C(C)C)(C(C)C)C(C)C)C32)C(=C)C1OCOC. The molecule has 2 saturated carbocycles. The number of ether oxygens (including phenoxy) is 2. The highest BCUT2D eigenvalue weighted by molar-refractivity contribution is 6.77. The van der Waals surface area contributed by atoms with E-state index in [9.17, 15) is 5.11 Å². The monoisotopic (exact) mass is 518 g/mol. The molecule has 206 valence electrons. The topological polar surface area (TPSA) is 47.9 Å². The lowest BCUT2D eigenvalue weighted by atomic mass is 9.45. The molecule has 5 heteroatoms. The third-order valence-electron chi connectivity index (χ3n) is 10.9. The van der Waals surface area contributed by atoms with Crippen molar-refractivity contribution in [1.29, 1.82) is 0 Å². The van der Waals surface area contributed by atoms with Crippen molar-refractivity contribution in [1.82, 2.24) is 0 Å². The number of aliphatic hydroxyl groups is 1. The van der Waals surface area contributed by atoms with Crippen LogP contribution in [0.2, 0.25) is 16.6 Å². The Balaban J connectivity index is 2.21. The number of methoxy groups -OCH3 is 1. The molecule has 0 aliphatic heterocycles. The lowest BCUT2D eigenvalue weighted by molar-refractivity contribution is -0.164. The number of rotatable bonds is 9. The average Bonchev–Trinajstić information content (AvgIpc) is 3.18. The summed E-state index contributed by atoms with van der Waals surface area (Å²) in [6, 6.07) is 0. The van der Waals surface area contributed by atoms with Crippen LogP contribution in [0.4, 0.5) is 0 Å². The molecular formula is C31H54O4Si. The van der Waals surface area contributed by atoms with Gasteiger partial charge in [-0.05, 0) is 59.9 Å². The van der Waals surface area contributed by atoms with Crippen LogP contribution < -0.4 is 0 Å². The molecule has 1 N–H and O–H groups in total. The molecule has 0 heterocycles. The summed E-state index contributed by atoms with van der Waals surface area (Å²) in [6.07, 6.45) is 7.11. The van der Waals surface area contributed by atoms with E-state index in [1.807, 2.05) is 6.08 Å². The van der Waals surface area contributed by atoms with E-state index in [2.05, 4.69) is 75.0 Å². The summed E-state index contributed by atoms with van der Waals surface area (Å²) in [5, 5.41) is 12.1. The molecule has 0 aromatic carbocycles. The molecule has 7 atom stereocenters. The summed E-state index contributed by atoms with van der Waals surface area (Å²) in [5.41, 5.74) is 1.62. The molecular weight excluding hydrogens is 464 g/mol. The maximum Gasteiger partial charge on any atom is 0.258 e. The molecule has 0 radical (unpaired) electrons. The van der Waals surface area contributed by atoms with Gasteiger partial charge in [0.15, 0.2) is 0 Å². The van der Waals surface area contributed by atoms with E-state index in [-0.39, 0.29) is 29.6 Å². The summed E-state index contributed by atoms with van der Waals surface area (Å²) in [7, 11) is -0.512. The van der Waals surface area contributed by atoms with E-state index in [0.29, 0.717) is 29.0 Å². The van der Waals surface area contributed by atoms with Gasteiger partial charge in [0.25, 0.3) is 8.32 Å². The molecule has 0 saturated heterocycles. The normalized spacial score (nSPS) is 39.2. The summed E-state index contributed by atoms with van der Waals surface area (Å²) >= 11 is 0. The summed E-state index contributed by atoms with van der Waals surface area (Å²) in [5.74, 6) is 1.57. The molecule has 0 spiro atoms. The predicted octanol–water partition coefficient (Wildman–Crippen LogP) is 8.01. The minimum Gasteiger partial charge on any atom is -0.546 e. The zero-order valence-electron chi connectivity index (χ0n) is 24.8. The van der Waals surface area contributed by atoms with Gasteiger partial charge in [0.05, 0.1) is 18.0 Å². The van der Waals surface area contributed by atoms with E-state index in [1.165, 1.54) is 0 Å². The van der Waals surface area contributed by atoms with Crippen molar-refractivity contribution in [3.8, 4) is 0 Å². The Bertz CT molecular complexity index is 841. The minimum absolute atomic E-state index is 0.0855. The molecule has 2 fully saturated rings. The Morgan fingerprint density at radius 2 is 1.72 bits per heavy atom. The summed E-state index contributed by atoms with van der Waals surface area (Å²) < 4.78 is 19.2. The average molecular weight is 519 g/mol. The van der Waals surface area contributed by atoms with Crippen molar-refractivity contribution in [2.24, 2.45) is 28.1 Å². The Hall–Kier alpha value is -0.883. The van der Waals surface area contributed by atoms with Gasteiger partial charge in [-0.1, -0.05) is 75.0 Å². The van der Waals surface area contributed by atoms with Crippen molar-refractivity contribution < 1.29 is 19.0 Å². The van der Waals surface area contributed by atoms with Gasteiger partial charge < -0.3 is 19.0 Å². The van der Waals surface area contributed by atoms with Crippen LogP contribution in [0.3, 0.4) is 0 Å². The number of hydrogen-bond acceptors (Lipinski definition) is 4. The smallest absolute Gasteiger partial charge is 0.258 e. The van der Waals surface area contributed by atoms with Gasteiger partial charge in [0, 0.05) is 29.3 Å². The molecule has 2 bridgehead atoms. The largest absolute Gasteiger partial charge is 0.546 e. The first-order valence-corrected chi connectivity index (χ1v) is 16.3. The van der Waals surface area contributed by atoms with Crippen molar-refractivity contribution in [3.05, 3.63) is 36.6 Å². The van der Waals surface area contributed by atoms with Gasteiger partial charge in [-0.3, -0.25) is 0 Å². The Labute approximate surface area is 222 Å². The quantitative estimate of drug-likeness (QED) is 0.191. The molecule has 0 aromatic heterocycles. The first kappa shape index (κ1) is 29.7. The summed E-state index contributed by atoms with van der Waals surface area (Å²) in [6.45, 7) is 30.0. The van der Waals surface area contributed by atoms with Crippen LogP contribution in [0.15, 0.2) is 36.6 Å². The zero-order chi connectivity index (χ0) is 27.3.